The zero-order chi connectivity index (χ0) is 14.3. The van der Waals surface area contributed by atoms with Crippen molar-refractivity contribution in [2.24, 2.45) is 0 Å². The molecule has 106 valence electrons. The molecule has 1 rings (SSSR count). The average molecular weight is 306 g/mol. The van der Waals surface area contributed by atoms with Gasteiger partial charge in [0.1, 0.15) is 4.21 Å². The molecule has 1 aromatic rings. The Morgan fingerprint density at radius 3 is 2.74 bits per heavy atom. The number of hydrogen-bond donors (Lipinski definition) is 2. The number of ether oxygens (including phenoxy) is 1. The molecule has 0 radical (unpaired) electrons. The van der Waals surface area contributed by atoms with Crippen molar-refractivity contribution in [1.29, 1.82) is 0 Å². The molecular weight excluding hydrogens is 292 g/mol. The van der Waals surface area contributed by atoms with Gasteiger partial charge < -0.3 is 10.1 Å². The lowest BCUT2D eigenvalue weighted by molar-refractivity contribution is -0.148. The monoisotopic (exact) mass is 306 g/mol. The number of hydrogen-bond acceptors (Lipinski definition) is 6. The van der Waals surface area contributed by atoms with Gasteiger partial charge in [-0.25, -0.2) is 13.1 Å². The van der Waals surface area contributed by atoms with Gasteiger partial charge in [-0.2, -0.15) is 0 Å². The first kappa shape index (κ1) is 15.6. The molecule has 0 aliphatic rings. The third-order valence-electron chi connectivity index (χ3n) is 2.02. The maximum Gasteiger partial charge on any atom is 0.307 e. The van der Waals surface area contributed by atoms with E-state index in [1.165, 1.54) is 13.1 Å². The molecule has 0 atom stereocenters. The van der Waals surface area contributed by atoms with Gasteiger partial charge in [0.25, 0.3) is 5.91 Å². The van der Waals surface area contributed by atoms with E-state index in [-0.39, 0.29) is 23.8 Å². The maximum atomic E-state index is 11.7. The molecule has 0 unspecified atom stereocenters. The first-order valence-corrected chi connectivity index (χ1v) is 7.71. The summed E-state index contributed by atoms with van der Waals surface area (Å²) in [5.41, 5.74) is 0. The molecule has 1 amide bonds. The molecule has 9 heteroatoms. The number of esters is 1. The van der Waals surface area contributed by atoms with Crippen molar-refractivity contribution in [3.05, 3.63) is 17.5 Å². The number of amides is 1. The van der Waals surface area contributed by atoms with Crippen molar-refractivity contribution >= 4 is 33.2 Å². The number of likely N-dealkylation sites (N-methyl/N-ethyl adjacent to an activating group) is 1. The van der Waals surface area contributed by atoms with Crippen LogP contribution in [0.15, 0.2) is 21.7 Å². The highest BCUT2D eigenvalue weighted by molar-refractivity contribution is 7.91. The molecule has 0 spiro atoms. The fourth-order valence-electron chi connectivity index (χ4n) is 1.07. The van der Waals surface area contributed by atoms with E-state index >= 15 is 0 Å². The van der Waals surface area contributed by atoms with Gasteiger partial charge >= 0.3 is 5.97 Å². The van der Waals surface area contributed by atoms with Crippen LogP contribution in [-0.4, -0.2) is 40.5 Å². The van der Waals surface area contributed by atoms with E-state index < -0.39 is 21.9 Å². The average Bonchev–Trinajstić information content (AvgIpc) is 2.90. The fraction of sp³-hybridized carbons (Fsp3) is 0.400. The zero-order valence-electron chi connectivity index (χ0n) is 10.2. The summed E-state index contributed by atoms with van der Waals surface area (Å²) in [6.07, 6.45) is -0.137. The Kier molecular flexibility index (Phi) is 5.93. The minimum atomic E-state index is -3.57. The molecule has 0 aliphatic carbocycles. The second-order valence-corrected chi connectivity index (χ2v) is 6.36. The van der Waals surface area contributed by atoms with Gasteiger partial charge in [0.15, 0.2) is 6.61 Å². The first-order valence-electron chi connectivity index (χ1n) is 5.35. The molecule has 1 heterocycles. The van der Waals surface area contributed by atoms with Crippen LogP contribution in [0, 0.1) is 0 Å². The Labute approximate surface area is 115 Å². The van der Waals surface area contributed by atoms with E-state index in [1.807, 2.05) is 0 Å². The van der Waals surface area contributed by atoms with Crippen LogP contribution in [0.25, 0.3) is 0 Å². The minimum Gasteiger partial charge on any atom is -0.456 e. The highest BCUT2D eigenvalue weighted by atomic mass is 32.2. The quantitative estimate of drug-likeness (QED) is 0.674. The van der Waals surface area contributed by atoms with Crippen LogP contribution in [0.3, 0.4) is 0 Å². The highest BCUT2D eigenvalue weighted by Gasteiger charge is 2.15. The smallest absolute Gasteiger partial charge is 0.307 e. The topological polar surface area (TPSA) is 102 Å². The van der Waals surface area contributed by atoms with Crippen LogP contribution in [0.5, 0.6) is 0 Å². The molecule has 2 N–H and O–H groups in total. The second kappa shape index (κ2) is 7.22. The maximum absolute atomic E-state index is 11.7. The van der Waals surface area contributed by atoms with E-state index in [1.54, 1.807) is 11.4 Å². The normalized spacial score (nSPS) is 11.0. The lowest BCUT2D eigenvalue weighted by Crippen LogP contribution is -2.28. The zero-order valence-corrected chi connectivity index (χ0v) is 11.8. The summed E-state index contributed by atoms with van der Waals surface area (Å²) in [4.78, 5) is 22.0. The van der Waals surface area contributed by atoms with Gasteiger partial charge in [-0.05, 0) is 11.4 Å². The summed E-state index contributed by atoms with van der Waals surface area (Å²) < 4.78 is 30.4. The molecule has 0 fully saturated rings. The number of carbonyl (C=O) groups is 2. The number of rotatable bonds is 7. The first-order chi connectivity index (χ1) is 8.95. The molecule has 7 nitrogen and oxygen atoms in total. The van der Waals surface area contributed by atoms with Crippen molar-refractivity contribution in [2.75, 3.05) is 20.2 Å². The number of thiophene rings is 1. The third-order valence-corrected chi connectivity index (χ3v) is 4.88. The Morgan fingerprint density at radius 2 is 2.16 bits per heavy atom. The Bertz CT molecular complexity index is 524. The van der Waals surface area contributed by atoms with Crippen LogP contribution in [-0.2, 0) is 24.3 Å². The van der Waals surface area contributed by atoms with E-state index in [0.717, 1.165) is 11.3 Å². The molecule has 1 aromatic heterocycles. The summed E-state index contributed by atoms with van der Waals surface area (Å²) in [5, 5.41) is 3.94. The molecule has 0 bridgehead atoms. The molecule has 0 aromatic carbocycles. The van der Waals surface area contributed by atoms with E-state index in [9.17, 15) is 18.0 Å². The van der Waals surface area contributed by atoms with Crippen LogP contribution >= 0.6 is 11.3 Å². The third kappa shape index (κ3) is 5.37. The molecule has 0 saturated carbocycles. The summed E-state index contributed by atoms with van der Waals surface area (Å²) in [6, 6.07) is 3.09. The Hall–Kier alpha value is -1.45. The summed E-state index contributed by atoms with van der Waals surface area (Å²) in [5.74, 6) is -1.06. The molecule has 0 aliphatic heterocycles. The van der Waals surface area contributed by atoms with Gasteiger partial charge in [0, 0.05) is 13.6 Å². The Morgan fingerprint density at radius 1 is 1.42 bits per heavy atom. The predicted molar refractivity (Wildman–Crippen MR) is 69.2 cm³/mol. The lowest BCUT2D eigenvalue weighted by atomic mass is 10.4. The van der Waals surface area contributed by atoms with Gasteiger partial charge in [-0.15, -0.1) is 11.3 Å². The van der Waals surface area contributed by atoms with Crippen molar-refractivity contribution in [1.82, 2.24) is 10.0 Å². The standard InChI is InChI=1S/C10H14N2O5S2/c1-11-8(13)7-17-9(14)4-5-12-19(15,16)10-3-2-6-18-10/h2-3,6,12H,4-5,7H2,1H3,(H,11,13). The predicted octanol–water partition coefficient (Wildman–Crippen LogP) is -0.294. The van der Waals surface area contributed by atoms with Crippen LogP contribution in [0.2, 0.25) is 0 Å². The minimum absolute atomic E-state index is 0.0766. The van der Waals surface area contributed by atoms with Crippen LogP contribution in [0.4, 0.5) is 0 Å². The van der Waals surface area contributed by atoms with Crippen molar-refractivity contribution in [3.8, 4) is 0 Å². The van der Waals surface area contributed by atoms with E-state index in [2.05, 4.69) is 14.8 Å². The van der Waals surface area contributed by atoms with Gasteiger partial charge in [0.05, 0.1) is 6.42 Å². The van der Waals surface area contributed by atoms with E-state index in [4.69, 9.17) is 0 Å². The molecule has 0 saturated heterocycles. The largest absolute Gasteiger partial charge is 0.456 e. The number of carbonyl (C=O) groups excluding carboxylic acids is 2. The fourth-order valence-corrected chi connectivity index (χ4v) is 3.13. The Balaban J connectivity index is 2.31. The van der Waals surface area contributed by atoms with Crippen molar-refractivity contribution < 1.29 is 22.7 Å². The highest BCUT2D eigenvalue weighted by Crippen LogP contribution is 2.14. The summed E-state index contributed by atoms with van der Waals surface area (Å²) in [6.45, 7) is -0.445. The van der Waals surface area contributed by atoms with Gasteiger partial charge in [-0.3, -0.25) is 9.59 Å². The van der Waals surface area contributed by atoms with Crippen LogP contribution < -0.4 is 10.0 Å². The molecular formula is C10H14N2O5S2. The van der Waals surface area contributed by atoms with Crippen molar-refractivity contribution in [3.63, 3.8) is 0 Å². The lowest BCUT2D eigenvalue weighted by Gasteiger charge is -2.05. The van der Waals surface area contributed by atoms with Gasteiger partial charge in [0.2, 0.25) is 10.0 Å². The molecule has 19 heavy (non-hydrogen) atoms. The van der Waals surface area contributed by atoms with E-state index in [0.29, 0.717) is 0 Å². The number of sulfonamides is 1. The van der Waals surface area contributed by atoms with Crippen molar-refractivity contribution in [2.45, 2.75) is 10.6 Å². The van der Waals surface area contributed by atoms with Gasteiger partial charge in [-0.1, -0.05) is 6.07 Å². The SMILES string of the molecule is CNC(=O)COC(=O)CCNS(=O)(=O)c1cccs1. The summed E-state index contributed by atoms with van der Waals surface area (Å²) in [7, 11) is -2.15. The summed E-state index contributed by atoms with van der Waals surface area (Å²) >= 11 is 1.09. The number of nitrogens with one attached hydrogen (secondary N) is 2. The van der Waals surface area contributed by atoms with Crippen LogP contribution in [0.1, 0.15) is 6.42 Å². The second-order valence-electron chi connectivity index (χ2n) is 3.41.